The van der Waals surface area contributed by atoms with Gasteiger partial charge < -0.3 is 4.90 Å². The highest BCUT2D eigenvalue weighted by atomic mass is 19.4. The van der Waals surface area contributed by atoms with E-state index in [1.165, 1.54) is 24.3 Å². The predicted octanol–water partition coefficient (Wildman–Crippen LogP) is 6.87. The molecule has 3 aromatic carbocycles. The minimum absolute atomic E-state index is 0.0177. The van der Waals surface area contributed by atoms with Crippen molar-refractivity contribution in [3.8, 4) is 0 Å². The van der Waals surface area contributed by atoms with Gasteiger partial charge in [0.05, 0.1) is 6.04 Å². The van der Waals surface area contributed by atoms with E-state index in [1.807, 2.05) is 35.2 Å². The average molecular weight is 569 g/mol. The van der Waals surface area contributed by atoms with Crippen molar-refractivity contribution in [3.05, 3.63) is 106 Å². The Morgan fingerprint density at radius 2 is 1.63 bits per heavy atom. The van der Waals surface area contributed by atoms with E-state index in [4.69, 9.17) is 0 Å². The Morgan fingerprint density at radius 1 is 0.902 bits per heavy atom. The van der Waals surface area contributed by atoms with Gasteiger partial charge in [0.25, 0.3) is 0 Å². The molecule has 2 aliphatic heterocycles. The van der Waals surface area contributed by atoms with Gasteiger partial charge in [-0.05, 0) is 79.0 Å². The van der Waals surface area contributed by atoms with Crippen LogP contribution in [0.2, 0.25) is 0 Å². The molecule has 6 rings (SSSR count). The topological polar surface area (TPSA) is 23.6 Å². The van der Waals surface area contributed by atoms with Gasteiger partial charge in [0.1, 0.15) is 5.82 Å². The Balaban J connectivity index is 1.34. The van der Waals surface area contributed by atoms with Crippen LogP contribution in [0.15, 0.2) is 72.8 Å². The first-order valence-corrected chi connectivity index (χ1v) is 14.2. The Morgan fingerprint density at radius 3 is 2.34 bits per heavy atom. The summed E-state index contributed by atoms with van der Waals surface area (Å²) in [5.74, 6) is -0.236. The summed E-state index contributed by atoms with van der Waals surface area (Å²) < 4.78 is 69.3. The van der Waals surface area contributed by atoms with E-state index in [9.17, 15) is 26.7 Å². The Bertz CT molecular complexity index is 1420. The lowest BCUT2D eigenvalue weighted by Gasteiger charge is -2.45. The zero-order chi connectivity index (χ0) is 29.0. The van der Waals surface area contributed by atoms with Gasteiger partial charge >= 0.3 is 6.18 Å². The normalized spacial score (nSPS) is 26.1. The van der Waals surface area contributed by atoms with E-state index < -0.39 is 22.8 Å². The van der Waals surface area contributed by atoms with E-state index in [0.717, 1.165) is 22.3 Å². The van der Waals surface area contributed by atoms with Crippen molar-refractivity contribution < 1.29 is 26.7 Å². The second-order valence-electron chi connectivity index (χ2n) is 11.9. The van der Waals surface area contributed by atoms with Gasteiger partial charge in [-0.15, -0.1) is 0 Å². The number of benzene rings is 3. The first-order chi connectivity index (χ1) is 19.5. The van der Waals surface area contributed by atoms with Crippen molar-refractivity contribution in [1.29, 1.82) is 0 Å². The molecule has 4 atom stereocenters. The Labute approximate surface area is 237 Å². The summed E-state index contributed by atoms with van der Waals surface area (Å²) in [6, 6.07) is 20.3. The summed E-state index contributed by atoms with van der Waals surface area (Å²) in [4.78, 5) is 17.9. The van der Waals surface area contributed by atoms with Gasteiger partial charge in [0.15, 0.2) is 0 Å². The fourth-order valence-electron chi connectivity index (χ4n) is 7.39. The molecular formula is C33H33F5N2O. The number of carbonyl (C=O) groups is 1. The SMILES string of the molecule is CC(F)(c1ccc2c(c1)CC[C@H]1N(C3CCN(Cc4ccccc4)C3=O)CC[C@@]21Cc1ccc(F)cc1)C(F)(F)F. The Hall–Kier alpha value is -3.26. The standard InChI is InChI=1S/C33H33F5N2O/c1-31(35,33(36,37)38)25-10-13-27-24(19-25)9-14-29-32(27,20-22-7-11-26(34)12-8-22)16-18-40(29)28-15-17-39(30(28)41)21-23-5-3-2-4-6-23/h2-8,10-13,19,28-29H,9,14-18,20-21H2,1H3/t28?,29-,31?,32-/m1/s1. The van der Waals surface area contributed by atoms with E-state index in [2.05, 4.69) is 4.90 Å². The second-order valence-corrected chi connectivity index (χ2v) is 11.9. The van der Waals surface area contributed by atoms with E-state index in [0.29, 0.717) is 58.7 Å². The quantitative estimate of drug-likeness (QED) is 0.303. The molecule has 0 saturated carbocycles. The zero-order valence-electron chi connectivity index (χ0n) is 22.9. The molecule has 0 spiro atoms. The molecular weight excluding hydrogens is 535 g/mol. The van der Waals surface area contributed by atoms with Crippen LogP contribution in [0.5, 0.6) is 0 Å². The van der Waals surface area contributed by atoms with Crippen LogP contribution in [-0.2, 0) is 35.3 Å². The molecule has 1 amide bonds. The van der Waals surface area contributed by atoms with Crippen LogP contribution in [0, 0.1) is 5.82 Å². The summed E-state index contributed by atoms with van der Waals surface area (Å²) in [7, 11) is 0. The molecule has 2 fully saturated rings. The van der Waals surface area contributed by atoms with Gasteiger partial charge in [-0.25, -0.2) is 8.78 Å². The first kappa shape index (κ1) is 27.9. The number of nitrogens with zero attached hydrogens (tertiary/aromatic N) is 2. The zero-order valence-corrected chi connectivity index (χ0v) is 22.9. The lowest BCUT2D eigenvalue weighted by atomic mass is 9.63. The summed E-state index contributed by atoms with van der Waals surface area (Å²) in [5, 5.41) is 0. The molecule has 216 valence electrons. The molecule has 2 heterocycles. The van der Waals surface area contributed by atoms with Gasteiger partial charge in [-0.3, -0.25) is 9.69 Å². The molecule has 0 aromatic heterocycles. The number of fused-ring (bicyclic) bond motifs is 3. The number of likely N-dealkylation sites (tertiary alicyclic amines) is 2. The minimum Gasteiger partial charge on any atom is -0.337 e. The number of aryl methyl sites for hydroxylation is 1. The highest BCUT2D eigenvalue weighted by Crippen LogP contribution is 2.52. The number of rotatable bonds is 6. The first-order valence-electron chi connectivity index (χ1n) is 14.2. The summed E-state index contributed by atoms with van der Waals surface area (Å²) in [6.07, 6.45) is -1.90. The van der Waals surface area contributed by atoms with E-state index >= 15 is 0 Å². The maximum absolute atomic E-state index is 14.9. The van der Waals surface area contributed by atoms with Crippen molar-refractivity contribution in [2.45, 2.75) is 74.9 Å². The summed E-state index contributed by atoms with van der Waals surface area (Å²) >= 11 is 0. The van der Waals surface area contributed by atoms with E-state index in [-0.39, 0.29) is 23.8 Å². The van der Waals surface area contributed by atoms with Crippen molar-refractivity contribution in [2.24, 2.45) is 0 Å². The molecule has 2 saturated heterocycles. The Kier molecular flexibility index (Phi) is 6.96. The fraction of sp³-hybridized carbons (Fsp3) is 0.424. The molecule has 41 heavy (non-hydrogen) atoms. The lowest BCUT2D eigenvalue weighted by Crippen LogP contribution is -2.52. The number of amides is 1. The molecule has 0 bridgehead atoms. The lowest BCUT2D eigenvalue weighted by molar-refractivity contribution is -0.228. The van der Waals surface area contributed by atoms with Gasteiger partial charge in [0.2, 0.25) is 11.6 Å². The summed E-state index contributed by atoms with van der Waals surface area (Å²) in [5.41, 5.74) is -0.700. The van der Waals surface area contributed by atoms with Crippen molar-refractivity contribution >= 4 is 5.91 Å². The van der Waals surface area contributed by atoms with Gasteiger partial charge in [-0.1, -0.05) is 60.7 Å². The van der Waals surface area contributed by atoms with Crippen LogP contribution in [-0.4, -0.2) is 47.1 Å². The number of carbonyl (C=O) groups excluding carboxylic acids is 1. The number of hydrogen-bond acceptors (Lipinski definition) is 2. The molecule has 3 aromatic rings. The van der Waals surface area contributed by atoms with Crippen LogP contribution in [0.1, 0.15) is 54.0 Å². The molecule has 3 nitrogen and oxygen atoms in total. The molecule has 3 aliphatic rings. The molecule has 2 unspecified atom stereocenters. The van der Waals surface area contributed by atoms with Crippen LogP contribution in [0.25, 0.3) is 0 Å². The second kappa shape index (κ2) is 10.2. The third-order valence-corrected chi connectivity index (χ3v) is 9.58. The third kappa shape index (κ3) is 4.84. The van der Waals surface area contributed by atoms with Crippen molar-refractivity contribution in [2.75, 3.05) is 13.1 Å². The third-order valence-electron chi connectivity index (χ3n) is 9.58. The summed E-state index contributed by atoms with van der Waals surface area (Å²) in [6.45, 7) is 2.46. The fourth-order valence-corrected chi connectivity index (χ4v) is 7.39. The molecule has 0 N–H and O–H groups in total. The minimum atomic E-state index is -5.02. The largest absolute Gasteiger partial charge is 0.426 e. The molecule has 8 heteroatoms. The van der Waals surface area contributed by atoms with Crippen LogP contribution in [0.3, 0.4) is 0 Å². The van der Waals surface area contributed by atoms with Crippen LogP contribution in [0.4, 0.5) is 22.0 Å². The average Bonchev–Trinajstić information content (AvgIpc) is 3.49. The maximum Gasteiger partial charge on any atom is 0.426 e. The van der Waals surface area contributed by atoms with Crippen LogP contribution >= 0.6 is 0 Å². The predicted molar refractivity (Wildman–Crippen MR) is 146 cm³/mol. The number of halogens is 5. The van der Waals surface area contributed by atoms with Gasteiger partial charge in [0, 0.05) is 31.1 Å². The number of hydrogen-bond donors (Lipinski definition) is 0. The smallest absolute Gasteiger partial charge is 0.337 e. The number of alkyl halides is 4. The van der Waals surface area contributed by atoms with Gasteiger partial charge in [-0.2, -0.15) is 13.2 Å². The molecule has 0 radical (unpaired) electrons. The highest BCUT2D eigenvalue weighted by Gasteiger charge is 2.56. The molecule has 1 aliphatic carbocycles. The van der Waals surface area contributed by atoms with Crippen molar-refractivity contribution in [1.82, 2.24) is 9.80 Å². The maximum atomic E-state index is 14.9. The monoisotopic (exact) mass is 568 g/mol. The van der Waals surface area contributed by atoms with Crippen LogP contribution < -0.4 is 0 Å². The van der Waals surface area contributed by atoms with E-state index in [1.54, 1.807) is 18.2 Å². The highest BCUT2D eigenvalue weighted by molar-refractivity contribution is 5.84. The van der Waals surface area contributed by atoms with Crippen molar-refractivity contribution in [3.63, 3.8) is 0 Å².